The van der Waals surface area contributed by atoms with Crippen LogP contribution < -0.4 is 0 Å². The lowest BCUT2D eigenvalue weighted by molar-refractivity contribution is 1.18. The minimum atomic E-state index is 0.723. The first-order chi connectivity index (χ1) is 5.95. The van der Waals surface area contributed by atoms with Crippen LogP contribution in [0.25, 0.3) is 10.9 Å². The summed E-state index contributed by atoms with van der Waals surface area (Å²) in [6, 6.07) is 8.48. The van der Waals surface area contributed by atoms with Crippen molar-refractivity contribution in [1.29, 1.82) is 0 Å². The lowest BCUT2D eigenvalue weighted by atomic mass is 10.1. The van der Waals surface area contributed by atoms with Gasteiger partial charge in [0.15, 0.2) is 0 Å². The van der Waals surface area contributed by atoms with E-state index in [1.807, 2.05) is 0 Å². The molecule has 1 atom stereocenters. The van der Waals surface area contributed by atoms with E-state index in [-0.39, 0.29) is 0 Å². The number of aromatic amines is 1. The first-order valence-electron chi connectivity index (χ1n) is 4.34. The molecule has 1 unspecified atom stereocenters. The molecule has 1 radical (unpaired) electrons. The maximum atomic E-state index is 3.29. The lowest BCUT2D eigenvalue weighted by Crippen LogP contribution is -1.72. The predicted octanol–water partition coefficient (Wildman–Crippen LogP) is 2.86. The summed E-state index contributed by atoms with van der Waals surface area (Å²) in [5.74, 6) is 0.723. The Labute approximate surface area is 71.4 Å². The fourth-order valence-electron chi connectivity index (χ4n) is 1.72. The van der Waals surface area contributed by atoms with E-state index in [2.05, 4.69) is 41.9 Å². The lowest BCUT2D eigenvalue weighted by Gasteiger charge is -1.92. The monoisotopic (exact) mass is 156 g/mol. The van der Waals surface area contributed by atoms with Gasteiger partial charge in [-0.15, -0.1) is 0 Å². The first-order valence-corrected chi connectivity index (χ1v) is 4.34. The molecule has 0 amide bonds. The van der Waals surface area contributed by atoms with Crippen LogP contribution in [0.1, 0.15) is 17.9 Å². The number of benzene rings is 1. The summed E-state index contributed by atoms with van der Waals surface area (Å²) in [4.78, 5) is 3.29. The zero-order valence-corrected chi connectivity index (χ0v) is 6.75. The second kappa shape index (κ2) is 2.13. The largest absolute Gasteiger partial charge is 0.361 e. The molecule has 59 valence electrons. The Bertz CT molecular complexity index is 410. The van der Waals surface area contributed by atoms with Gasteiger partial charge in [-0.25, -0.2) is 0 Å². The van der Waals surface area contributed by atoms with Gasteiger partial charge in [0.05, 0.1) is 0 Å². The number of H-pyrrole nitrogens is 1. The van der Waals surface area contributed by atoms with E-state index in [9.17, 15) is 0 Å². The van der Waals surface area contributed by atoms with Crippen molar-refractivity contribution in [2.75, 3.05) is 0 Å². The van der Waals surface area contributed by atoms with Gasteiger partial charge < -0.3 is 4.98 Å². The number of nitrogens with one attached hydrogen (secondary N) is 1. The Balaban J connectivity index is 2.30. The molecule has 0 spiro atoms. The molecule has 0 bridgehead atoms. The molecule has 1 heterocycles. The quantitative estimate of drug-likeness (QED) is 0.653. The van der Waals surface area contributed by atoms with Gasteiger partial charge in [-0.2, -0.15) is 0 Å². The third-order valence-electron chi connectivity index (χ3n) is 2.49. The standard InChI is InChI=1S/C11H10N/c1-2-4-11-9(3-1)10(7-12-11)8-5-6-8/h1-5,7-8,12H,6H2. The molecule has 1 N–H and O–H groups in total. The molecule has 1 aromatic heterocycles. The molecule has 1 aliphatic rings. The van der Waals surface area contributed by atoms with E-state index in [1.165, 1.54) is 22.9 Å². The molecule has 0 saturated heterocycles. The Kier molecular flexibility index (Phi) is 1.12. The van der Waals surface area contributed by atoms with Gasteiger partial charge in [0.1, 0.15) is 0 Å². The average Bonchev–Trinajstić information content (AvgIpc) is 2.86. The summed E-state index contributed by atoms with van der Waals surface area (Å²) in [5, 5.41) is 1.39. The molecule has 12 heavy (non-hydrogen) atoms. The van der Waals surface area contributed by atoms with E-state index in [4.69, 9.17) is 0 Å². The minimum absolute atomic E-state index is 0.723. The normalized spacial score (nSPS) is 17.0. The summed E-state index contributed by atoms with van der Waals surface area (Å²) in [6.07, 6.45) is 5.73. The van der Waals surface area contributed by atoms with Crippen LogP contribution >= 0.6 is 0 Å². The van der Waals surface area contributed by atoms with Crippen LogP contribution in [0.15, 0.2) is 30.5 Å². The molecule has 0 aliphatic heterocycles. The van der Waals surface area contributed by atoms with E-state index in [0.29, 0.717) is 0 Å². The highest BCUT2D eigenvalue weighted by Gasteiger charge is 2.26. The molecular weight excluding hydrogens is 146 g/mol. The average molecular weight is 156 g/mol. The van der Waals surface area contributed by atoms with Gasteiger partial charge in [0, 0.05) is 17.1 Å². The number of rotatable bonds is 1. The number of hydrogen-bond donors (Lipinski definition) is 1. The van der Waals surface area contributed by atoms with Crippen molar-refractivity contribution in [2.24, 2.45) is 0 Å². The van der Waals surface area contributed by atoms with Crippen molar-refractivity contribution in [3.8, 4) is 0 Å². The Morgan fingerprint density at radius 1 is 1.25 bits per heavy atom. The van der Waals surface area contributed by atoms with Crippen LogP contribution in [0.2, 0.25) is 0 Å². The number of para-hydroxylation sites is 1. The van der Waals surface area contributed by atoms with Crippen molar-refractivity contribution < 1.29 is 0 Å². The van der Waals surface area contributed by atoms with Gasteiger partial charge in [-0.05, 0) is 30.4 Å². The van der Waals surface area contributed by atoms with Crippen LogP contribution in [0, 0.1) is 6.42 Å². The highest BCUT2D eigenvalue weighted by molar-refractivity contribution is 5.84. The smallest absolute Gasteiger partial charge is 0.0456 e. The van der Waals surface area contributed by atoms with Gasteiger partial charge in [-0.3, -0.25) is 0 Å². The fraction of sp³-hybridized carbons (Fsp3) is 0.182. The van der Waals surface area contributed by atoms with Crippen molar-refractivity contribution in [3.05, 3.63) is 42.4 Å². The van der Waals surface area contributed by atoms with Gasteiger partial charge in [0.25, 0.3) is 0 Å². The maximum Gasteiger partial charge on any atom is 0.0456 e. The summed E-state index contributed by atoms with van der Waals surface area (Å²) in [6.45, 7) is 0. The molecule has 1 saturated carbocycles. The van der Waals surface area contributed by atoms with Crippen molar-refractivity contribution in [3.63, 3.8) is 0 Å². The minimum Gasteiger partial charge on any atom is -0.361 e. The number of fused-ring (bicyclic) bond motifs is 1. The highest BCUT2D eigenvalue weighted by Crippen LogP contribution is 2.41. The second-order valence-corrected chi connectivity index (χ2v) is 3.37. The molecule has 1 aliphatic carbocycles. The third-order valence-corrected chi connectivity index (χ3v) is 2.49. The molecular formula is C11H10N. The summed E-state index contributed by atoms with van der Waals surface area (Å²) >= 11 is 0. The zero-order valence-electron chi connectivity index (χ0n) is 6.75. The SMILES string of the molecule is [CH]1CC1c1c[nH]c2ccccc12. The third kappa shape index (κ3) is 0.795. The summed E-state index contributed by atoms with van der Waals surface area (Å²) in [5.41, 5.74) is 2.72. The number of aromatic nitrogens is 1. The van der Waals surface area contributed by atoms with Gasteiger partial charge >= 0.3 is 0 Å². The van der Waals surface area contributed by atoms with Gasteiger partial charge in [0.2, 0.25) is 0 Å². The first kappa shape index (κ1) is 6.30. The molecule has 1 heteroatoms. The van der Waals surface area contributed by atoms with E-state index < -0.39 is 0 Å². The Morgan fingerprint density at radius 2 is 2.08 bits per heavy atom. The topological polar surface area (TPSA) is 15.8 Å². The summed E-state index contributed by atoms with van der Waals surface area (Å²) in [7, 11) is 0. The molecule has 1 fully saturated rings. The van der Waals surface area contributed by atoms with Crippen LogP contribution in [-0.2, 0) is 0 Å². The highest BCUT2D eigenvalue weighted by atomic mass is 14.7. The zero-order chi connectivity index (χ0) is 7.97. The van der Waals surface area contributed by atoms with E-state index in [0.717, 1.165) is 5.92 Å². The molecule has 1 aromatic carbocycles. The molecule has 2 aromatic rings. The predicted molar refractivity (Wildman–Crippen MR) is 50.0 cm³/mol. The fourth-order valence-corrected chi connectivity index (χ4v) is 1.72. The summed E-state index contributed by atoms with van der Waals surface area (Å²) < 4.78 is 0. The van der Waals surface area contributed by atoms with Gasteiger partial charge in [-0.1, -0.05) is 18.2 Å². The van der Waals surface area contributed by atoms with Crippen molar-refractivity contribution >= 4 is 10.9 Å². The maximum absolute atomic E-state index is 3.29. The van der Waals surface area contributed by atoms with Crippen LogP contribution in [0.3, 0.4) is 0 Å². The Hall–Kier alpha value is -1.24. The molecule has 3 rings (SSSR count). The van der Waals surface area contributed by atoms with Crippen LogP contribution in [0.4, 0.5) is 0 Å². The van der Waals surface area contributed by atoms with E-state index >= 15 is 0 Å². The van der Waals surface area contributed by atoms with Crippen molar-refractivity contribution in [2.45, 2.75) is 12.3 Å². The van der Waals surface area contributed by atoms with Crippen LogP contribution in [0.5, 0.6) is 0 Å². The van der Waals surface area contributed by atoms with Crippen LogP contribution in [-0.4, -0.2) is 4.98 Å². The van der Waals surface area contributed by atoms with E-state index in [1.54, 1.807) is 0 Å². The molecule has 1 nitrogen and oxygen atoms in total. The number of hydrogen-bond acceptors (Lipinski definition) is 0. The second-order valence-electron chi connectivity index (χ2n) is 3.37. The Morgan fingerprint density at radius 3 is 2.92 bits per heavy atom. The van der Waals surface area contributed by atoms with Crippen molar-refractivity contribution in [1.82, 2.24) is 4.98 Å².